The van der Waals surface area contributed by atoms with E-state index >= 15 is 0 Å². The van der Waals surface area contributed by atoms with Gasteiger partial charge in [0, 0.05) is 24.7 Å². The Morgan fingerprint density at radius 1 is 1.13 bits per heavy atom. The minimum absolute atomic E-state index is 0.129. The smallest absolute Gasteiger partial charge is 0.343 e. The van der Waals surface area contributed by atoms with Crippen LogP contribution in [0, 0.1) is 0 Å². The number of fused-ring (bicyclic) bond motifs is 1. The maximum atomic E-state index is 12.4. The first-order valence-corrected chi connectivity index (χ1v) is 10.7. The molecule has 0 saturated heterocycles. The van der Waals surface area contributed by atoms with Crippen molar-refractivity contribution in [3.05, 3.63) is 64.6 Å². The summed E-state index contributed by atoms with van der Waals surface area (Å²) >= 11 is 1.22. The van der Waals surface area contributed by atoms with Crippen LogP contribution in [-0.4, -0.2) is 39.6 Å². The van der Waals surface area contributed by atoms with Crippen molar-refractivity contribution in [3.8, 4) is 11.5 Å². The van der Waals surface area contributed by atoms with Crippen molar-refractivity contribution in [2.45, 2.75) is 24.5 Å². The highest BCUT2D eigenvalue weighted by Crippen LogP contribution is 2.32. The molecule has 0 saturated carbocycles. The number of thioether (sulfide) groups is 1. The predicted molar refractivity (Wildman–Crippen MR) is 114 cm³/mol. The second kappa shape index (κ2) is 9.53. The summed E-state index contributed by atoms with van der Waals surface area (Å²) < 4.78 is 12.8. The summed E-state index contributed by atoms with van der Waals surface area (Å²) in [7, 11) is 0. The lowest BCUT2D eigenvalue weighted by Crippen LogP contribution is -2.20. The molecular weight excluding hydrogens is 404 g/mol. The molecule has 3 aromatic rings. The molecule has 1 aromatic heterocycles. The van der Waals surface area contributed by atoms with Gasteiger partial charge in [-0.2, -0.15) is 0 Å². The Bertz CT molecular complexity index is 1060. The molecular formula is C21H22N4O4S. The first-order chi connectivity index (χ1) is 14.7. The van der Waals surface area contributed by atoms with Crippen LogP contribution in [-0.2, 0) is 17.8 Å². The van der Waals surface area contributed by atoms with E-state index in [2.05, 4.69) is 15.5 Å². The van der Waals surface area contributed by atoms with E-state index < -0.39 is 0 Å². The van der Waals surface area contributed by atoms with Gasteiger partial charge in [0.2, 0.25) is 5.91 Å². The van der Waals surface area contributed by atoms with Crippen molar-refractivity contribution in [1.82, 2.24) is 14.8 Å². The monoisotopic (exact) mass is 426 g/mol. The molecule has 0 aliphatic carbocycles. The van der Waals surface area contributed by atoms with Crippen LogP contribution in [0.2, 0.25) is 0 Å². The van der Waals surface area contributed by atoms with Gasteiger partial charge >= 0.3 is 5.69 Å². The van der Waals surface area contributed by atoms with Gasteiger partial charge in [-0.3, -0.25) is 9.36 Å². The van der Waals surface area contributed by atoms with Gasteiger partial charge in [-0.15, -0.1) is 5.10 Å². The number of benzene rings is 2. The van der Waals surface area contributed by atoms with Gasteiger partial charge in [0.25, 0.3) is 0 Å². The van der Waals surface area contributed by atoms with Crippen molar-refractivity contribution < 1.29 is 14.3 Å². The summed E-state index contributed by atoms with van der Waals surface area (Å²) in [5, 5.41) is 9.85. The minimum atomic E-state index is -0.281. The van der Waals surface area contributed by atoms with E-state index in [0.29, 0.717) is 48.5 Å². The number of nitrogens with one attached hydrogen (secondary N) is 2. The maximum absolute atomic E-state index is 12.4. The molecule has 0 unspecified atom stereocenters. The Morgan fingerprint density at radius 3 is 2.77 bits per heavy atom. The number of carbonyl (C=O) groups is 1. The number of H-pyrrole nitrogens is 1. The first kappa shape index (κ1) is 20.1. The molecule has 2 N–H and O–H groups in total. The molecule has 1 aliphatic heterocycles. The van der Waals surface area contributed by atoms with E-state index in [1.807, 2.05) is 30.3 Å². The zero-order valence-electron chi connectivity index (χ0n) is 16.3. The molecule has 0 spiro atoms. The van der Waals surface area contributed by atoms with Crippen molar-refractivity contribution in [1.29, 1.82) is 0 Å². The molecule has 0 radical (unpaired) electrons. The number of aryl methyl sites for hydroxylation is 1. The Hall–Kier alpha value is -3.20. The van der Waals surface area contributed by atoms with Gasteiger partial charge in [-0.05, 0) is 24.1 Å². The van der Waals surface area contributed by atoms with Gasteiger partial charge in [-0.25, -0.2) is 9.89 Å². The quantitative estimate of drug-likeness (QED) is 0.564. The lowest BCUT2D eigenvalue weighted by molar-refractivity contribution is -0.113. The number of ether oxygens (including phenoxy) is 2. The molecule has 1 aliphatic rings. The Morgan fingerprint density at radius 2 is 1.93 bits per heavy atom. The van der Waals surface area contributed by atoms with Crippen LogP contribution in [0.3, 0.4) is 0 Å². The number of anilines is 1. The topological polar surface area (TPSA) is 98.2 Å². The van der Waals surface area contributed by atoms with Gasteiger partial charge in [0.15, 0.2) is 16.7 Å². The number of rotatable bonds is 7. The molecule has 1 amide bonds. The second-order valence-corrected chi connectivity index (χ2v) is 7.69. The predicted octanol–water partition coefficient (Wildman–Crippen LogP) is 2.71. The molecule has 2 aromatic carbocycles. The van der Waals surface area contributed by atoms with Crippen molar-refractivity contribution >= 4 is 23.4 Å². The van der Waals surface area contributed by atoms with Crippen molar-refractivity contribution in [2.75, 3.05) is 24.3 Å². The molecule has 9 heteroatoms. The molecule has 0 bridgehead atoms. The number of carbonyl (C=O) groups excluding carboxylic acids is 1. The lowest BCUT2D eigenvalue weighted by Gasteiger charge is -2.10. The van der Waals surface area contributed by atoms with Gasteiger partial charge < -0.3 is 14.8 Å². The van der Waals surface area contributed by atoms with E-state index in [1.54, 1.807) is 22.8 Å². The normalized spacial score (nSPS) is 12.9. The second-order valence-electron chi connectivity index (χ2n) is 6.75. The highest BCUT2D eigenvalue weighted by Gasteiger charge is 2.14. The molecule has 8 nitrogen and oxygen atoms in total. The van der Waals surface area contributed by atoms with Crippen LogP contribution < -0.4 is 20.5 Å². The van der Waals surface area contributed by atoms with Crippen molar-refractivity contribution in [2.24, 2.45) is 0 Å². The number of hydrogen-bond donors (Lipinski definition) is 2. The molecule has 30 heavy (non-hydrogen) atoms. The van der Waals surface area contributed by atoms with Crippen LogP contribution in [0.1, 0.15) is 12.0 Å². The summed E-state index contributed by atoms with van der Waals surface area (Å²) in [6, 6.07) is 15.2. The fourth-order valence-corrected chi connectivity index (χ4v) is 3.84. The Kier molecular flexibility index (Phi) is 6.38. The van der Waals surface area contributed by atoms with Gasteiger partial charge in [0.1, 0.15) is 0 Å². The van der Waals surface area contributed by atoms with E-state index in [4.69, 9.17) is 9.47 Å². The average molecular weight is 426 g/mol. The van der Waals surface area contributed by atoms with Crippen LogP contribution in [0.25, 0.3) is 0 Å². The minimum Gasteiger partial charge on any atom is -0.490 e. The van der Waals surface area contributed by atoms with Gasteiger partial charge in [-0.1, -0.05) is 42.1 Å². The molecule has 156 valence electrons. The maximum Gasteiger partial charge on any atom is 0.343 e. The third-order valence-corrected chi connectivity index (χ3v) is 5.53. The van der Waals surface area contributed by atoms with E-state index in [0.717, 1.165) is 12.0 Å². The van der Waals surface area contributed by atoms with Gasteiger partial charge in [0.05, 0.1) is 19.0 Å². The van der Waals surface area contributed by atoms with E-state index in [1.165, 1.54) is 11.8 Å². The number of amides is 1. The summed E-state index contributed by atoms with van der Waals surface area (Å²) in [6.07, 6.45) is 1.53. The van der Waals surface area contributed by atoms with Crippen LogP contribution in [0.15, 0.2) is 58.5 Å². The highest BCUT2D eigenvalue weighted by molar-refractivity contribution is 7.99. The fourth-order valence-electron chi connectivity index (χ4n) is 3.06. The van der Waals surface area contributed by atoms with Crippen molar-refractivity contribution in [3.63, 3.8) is 0 Å². The average Bonchev–Trinajstić information content (AvgIpc) is 2.95. The number of hydrogen-bond acceptors (Lipinski definition) is 6. The fraction of sp³-hybridized carbons (Fsp3) is 0.286. The van der Waals surface area contributed by atoms with Crippen LogP contribution in [0.4, 0.5) is 5.69 Å². The molecule has 0 fully saturated rings. The standard InChI is InChI=1S/C21H22N4O4S/c26-19(22-16-7-8-17-18(13-16)29-12-4-11-28-17)14-30-21-24-23-20(27)25(21)10-9-15-5-2-1-3-6-15/h1-3,5-8,13H,4,9-12,14H2,(H,22,26)(H,23,27). The summed E-state index contributed by atoms with van der Waals surface area (Å²) in [4.78, 5) is 24.5. The number of nitrogens with zero attached hydrogens (tertiary/aromatic N) is 2. The Labute approximate surface area is 177 Å². The van der Waals surface area contributed by atoms with Crippen LogP contribution >= 0.6 is 11.8 Å². The summed E-state index contributed by atoms with van der Waals surface area (Å²) in [6.45, 7) is 1.69. The zero-order chi connectivity index (χ0) is 20.8. The number of aromatic nitrogens is 3. The zero-order valence-corrected chi connectivity index (χ0v) is 17.1. The highest BCUT2D eigenvalue weighted by atomic mass is 32.2. The summed E-state index contributed by atoms with van der Waals surface area (Å²) in [5.41, 5.74) is 1.48. The van der Waals surface area contributed by atoms with Crippen LogP contribution in [0.5, 0.6) is 11.5 Å². The lowest BCUT2D eigenvalue weighted by atomic mass is 10.1. The number of aromatic amines is 1. The SMILES string of the molecule is O=C(CSc1n[nH]c(=O)n1CCc1ccccc1)Nc1ccc2c(c1)OCCCO2. The molecule has 4 rings (SSSR count). The molecule has 0 atom stereocenters. The first-order valence-electron chi connectivity index (χ1n) is 9.70. The van der Waals surface area contributed by atoms with E-state index in [9.17, 15) is 9.59 Å². The third kappa shape index (κ3) is 5.04. The molecule has 2 heterocycles. The van der Waals surface area contributed by atoms with E-state index in [-0.39, 0.29) is 17.3 Å². The third-order valence-electron chi connectivity index (χ3n) is 4.55. The summed E-state index contributed by atoms with van der Waals surface area (Å²) in [5.74, 6) is 1.24. The Balaban J connectivity index is 1.34. The largest absolute Gasteiger partial charge is 0.490 e.